The Hall–Kier alpha value is -3.07. The van der Waals surface area contributed by atoms with Crippen molar-refractivity contribution in [3.8, 4) is 5.75 Å². The first-order valence-corrected chi connectivity index (χ1v) is 11.2. The van der Waals surface area contributed by atoms with E-state index in [0.29, 0.717) is 40.8 Å². The summed E-state index contributed by atoms with van der Waals surface area (Å²) < 4.78 is 50.3. The number of aromatic nitrogens is 2. The molecule has 0 fully saturated rings. The molecule has 1 aliphatic carbocycles. The number of halogens is 3. The highest BCUT2D eigenvalue weighted by Gasteiger charge is 2.64. The van der Waals surface area contributed by atoms with Crippen molar-refractivity contribution in [1.82, 2.24) is 9.78 Å². The number of ether oxygens (including phenoxy) is 1. The number of hydrogen-bond acceptors (Lipinski definition) is 5. The van der Waals surface area contributed by atoms with Gasteiger partial charge in [-0.1, -0.05) is 32.0 Å². The molecule has 0 saturated heterocycles. The van der Waals surface area contributed by atoms with Gasteiger partial charge in [-0.05, 0) is 35.1 Å². The monoisotopic (exact) mass is 473 g/mol. The van der Waals surface area contributed by atoms with Crippen LogP contribution in [0.4, 0.5) is 18.9 Å². The van der Waals surface area contributed by atoms with Gasteiger partial charge in [0, 0.05) is 42.6 Å². The van der Waals surface area contributed by atoms with Crippen LogP contribution in [-0.4, -0.2) is 39.8 Å². The Labute approximate surface area is 194 Å². The summed E-state index contributed by atoms with van der Waals surface area (Å²) in [4.78, 5) is 12.4. The molecule has 2 unspecified atom stereocenters. The first-order valence-electron chi connectivity index (χ1n) is 11.2. The molecule has 5 rings (SSSR count). The molecule has 0 amide bonds. The van der Waals surface area contributed by atoms with Gasteiger partial charge in [0.1, 0.15) is 5.75 Å². The number of nitrogens with zero attached hydrogens (tertiary/aromatic N) is 2. The maximum absolute atomic E-state index is 14.4. The topological polar surface area (TPSA) is 76.4 Å². The maximum atomic E-state index is 14.4. The van der Waals surface area contributed by atoms with E-state index in [2.05, 4.69) is 10.4 Å². The highest BCUT2D eigenvalue weighted by molar-refractivity contribution is 5.92. The summed E-state index contributed by atoms with van der Waals surface area (Å²) in [5.74, 6) is -0.630. The number of benzene rings is 2. The van der Waals surface area contributed by atoms with Crippen molar-refractivity contribution < 1.29 is 23.0 Å². The van der Waals surface area contributed by atoms with Gasteiger partial charge in [-0.15, -0.1) is 0 Å². The molecular weight excluding hydrogens is 447 g/mol. The summed E-state index contributed by atoms with van der Waals surface area (Å²) >= 11 is 0. The second-order valence-corrected chi connectivity index (χ2v) is 9.87. The molecule has 0 radical (unpaired) electrons. The molecule has 0 bridgehead atoms. The zero-order valence-corrected chi connectivity index (χ0v) is 19.2. The summed E-state index contributed by atoms with van der Waals surface area (Å²) in [7, 11) is 1.53. The number of rotatable bonds is 3. The first kappa shape index (κ1) is 22.7. The van der Waals surface area contributed by atoms with Crippen molar-refractivity contribution in [1.29, 1.82) is 0 Å². The van der Waals surface area contributed by atoms with Crippen LogP contribution in [-0.2, 0) is 18.9 Å². The largest absolute Gasteiger partial charge is 0.493 e. The summed E-state index contributed by atoms with van der Waals surface area (Å²) in [5.41, 5.74) is -1.56. The molecule has 34 heavy (non-hydrogen) atoms. The van der Waals surface area contributed by atoms with Crippen LogP contribution in [0.15, 0.2) is 41.3 Å². The minimum absolute atomic E-state index is 0.188. The number of hydrogen-bond donors (Lipinski definition) is 2. The minimum atomic E-state index is -4.84. The van der Waals surface area contributed by atoms with Gasteiger partial charge in [-0.2, -0.15) is 18.3 Å². The molecule has 2 atom stereocenters. The fraction of sp³-hybridized carbons (Fsp3) is 0.440. The van der Waals surface area contributed by atoms with Gasteiger partial charge >= 0.3 is 6.18 Å². The quantitative estimate of drug-likeness (QED) is 0.601. The van der Waals surface area contributed by atoms with Crippen LogP contribution in [0.5, 0.6) is 5.75 Å². The van der Waals surface area contributed by atoms with E-state index in [1.165, 1.54) is 17.9 Å². The van der Waals surface area contributed by atoms with E-state index >= 15 is 0 Å². The third-order valence-electron chi connectivity index (χ3n) is 7.21. The van der Waals surface area contributed by atoms with E-state index in [0.717, 1.165) is 11.1 Å². The summed E-state index contributed by atoms with van der Waals surface area (Å²) in [6, 6.07) is 8.51. The van der Waals surface area contributed by atoms with Gasteiger partial charge in [0.15, 0.2) is 5.60 Å². The average molecular weight is 473 g/mol. The predicted octanol–water partition coefficient (Wildman–Crippen LogP) is 4.04. The molecule has 2 aliphatic rings. The van der Waals surface area contributed by atoms with Crippen molar-refractivity contribution in [2.75, 3.05) is 18.5 Å². The second kappa shape index (κ2) is 7.46. The van der Waals surface area contributed by atoms with Gasteiger partial charge in [0.25, 0.3) is 5.56 Å². The molecule has 2 aromatic carbocycles. The van der Waals surface area contributed by atoms with Gasteiger partial charge in [-0.25, -0.2) is 4.68 Å². The van der Waals surface area contributed by atoms with E-state index < -0.39 is 29.5 Å². The number of nitrogens with one attached hydrogen (secondary N) is 1. The second-order valence-electron chi connectivity index (χ2n) is 9.87. The van der Waals surface area contributed by atoms with Gasteiger partial charge < -0.3 is 15.2 Å². The lowest BCUT2D eigenvalue weighted by molar-refractivity contribution is -0.277. The van der Waals surface area contributed by atoms with E-state index in [1.54, 1.807) is 44.2 Å². The Morgan fingerprint density at radius 3 is 2.74 bits per heavy atom. The van der Waals surface area contributed by atoms with Crippen LogP contribution in [0.3, 0.4) is 0 Å². The standard InChI is InChI=1S/C25H26F3N3O3/c1-23(2)13-24(33,25(26,27)28)18(16-8-7-14-9-10-34-21(14)20(16)23)12-29-19-6-4-5-15-17(19)11-30-31(3)22(15)32/h4-8,11,18,29,33H,9-10,12-13H2,1-3H3. The smallest absolute Gasteiger partial charge is 0.417 e. The molecule has 9 heteroatoms. The first-order chi connectivity index (χ1) is 15.9. The third kappa shape index (κ3) is 3.28. The fourth-order valence-corrected chi connectivity index (χ4v) is 5.60. The highest BCUT2D eigenvalue weighted by Crippen LogP contribution is 2.57. The van der Waals surface area contributed by atoms with Crippen molar-refractivity contribution in [3.05, 3.63) is 63.6 Å². The number of aryl methyl sites for hydroxylation is 1. The van der Waals surface area contributed by atoms with E-state index in [9.17, 15) is 23.1 Å². The van der Waals surface area contributed by atoms with Crippen LogP contribution in [0.25, 0.3) is 10.8 Å². The molecule has 0 spiro atoms. The van der Waals surface area contributed by atoms with Crippen LogP contribution < -0.4 is 15.6 Å². The molecule has 2 N–H and O–H groups in total. The molecule has 1 aliphatic heterocycles. The zero-order valence-electron chi connectivity index (χ0n) is 19.2. The zero-order chi connectivity index (χ0) is 24.5. The number of anilines is 1. The van der Waals surface area contributed by atoms with Gasteiger partial charge in [0.05, 0.1) is 18.2 Å². The molecule has 3 aromatic rings. The molecule has 0 saturated carbocycles. The fourth-order valence-electron chi connectivity index (χ4n) is 5.60. The summed E-state index contributed by atoms with van der Waals surface area (Å²) in [5, 5.41) is 19.2. The lowest BCUT2D eigenvalue weighted by atomic mass is 9.60. The molecule has 1 aromatic heterocycles. The van der Waals surface area contributed by atoms with Crippen molar-refractivity contribution in [3.63, 3.8) is 0 Å². The predicted molar refractivity (Wildman–Crippen MR) is 123 cm³/mol. The Morgan fingerprint density at radius 2 is 2.00 bits per heavy atom. The maximum Gasteiger partial charge on any atom is 0.417 e. The number of alkyl halides is 3. The lowest BCUT2D eigenvalue weighted by Gasteiger charge is -2.49. The Morgan fingerprint density at radius 1 is 1.24 bits per heavy atom. The van der Waals surface area contributed by atoms with Gasteiger partial charge in [-0.3, -0.25) is 4.79 Å². The van der Waals surface area contributed by atoms with Gasteiger partial charge in [0.2, 0.25) is 0 Å². The van der Waals surface area contributed by atoms with Crippen molar-refractivity contribution in [2.24, 2.45) is 7.05 Å². The molecular formula is C25H26F3N3O3. The van der Waals surface area contributed by atoms with Crippen LogP contribution in [0.1, 0.15) is 42.9 Å². The van der Waals surface area contributed by atoms with Crippen LogP contribution >= 0.6 is 0 Å². The lowest BCUT2D eigenvalue weighted by Crippen LogP contribution is -2.58. The Balaban J connectivity index is 1.62. The van der Waals surface area contributed by atoms with E-state index in [-0.39, 0.29) is 12.1 Å². The Bertz CT molecular complexity index is 1350. The number of aliphatic hydroxyl groups is 1. The third-order valence-corrected chi connectivity index (χ3v) is 7.21. The molecule has 6 nitrogen and oxygen atoms in total. The minimum Gasteiger partial charge on any atom is -0.493 e. The highest BCUT2D eigenvalue weighted by atomic mass is 19.4. The molecule has 180 valence electrons. The number of fused-ring (bicyclic) bond motifs is 4. The summed E-state index contributed by atoms with van der Waals surface area (Å²) in [6.45, 7) is 3.75. The van der Waals surface area contributed by atoms with Crippen molar-refractivity contribution >= 4 is 16.5 Å². The SMILES string of the molecule is Cn1ncc2c(NCC3c4ccc5c(c4C(C)(C)CC3(O)C(F)(F)F)OCC5)cccc2c1=O. The van der Waals surface area contributed by atoms with E-state index in [1.807, 2.05) is 0 Å². The summed E-state index contributed by atoms with van der Waals surface area (Å²) in [6.07, 6.45) is -3.11. The normalized spacial score (nSPS) is 23.3. The van der Waals surface area contributed by atoms with E-state index in [4.69, 9.17) is 4.74 Å². The van der Waals surface area contributed by atoms with Crippen LogP contribution in [0, 0.1) is 0 Å². The van der Waals surface area contributed by atoms with Crippen LogP contribution in [0.2, 0.25) is 0 Å². The average Bonchev–Trinajstić information content (AvgIpc) is 3.23. The molecule has 2 heterocycles. The van der Waals surface area contributed by atoms with Crippen molar-refractivity contribution in [2.45, 2.75) is 49.8 Å². The Kier molecular flexibility index (Phi) is 4.99.